The van der Waals surface area contributed by atoms with Crippen molar-refractivity contribution in [2.45, 2.75) is 88.2 Å². The smallest absolute Gasteiger partial charge is 0.251 e. The van der Waals surface area contributed by atoms with Crippen molar-refractivity contribution in [1.29, 1.82) is 0 Å². The molecule has 0 aliphatic carbocycles. The number of fused-ring (bicyclic) bond motifs is 2. The molecule has 8 rings (SSSR count). The summed E-state index contributed by atoms with van der Waals surface area (Å²) in [6.07, 6.45) is 1.19. The van der Waals surface area contributed by atoms with Crippen LogP contribution >= 0.6 is 0 Å². The lowest BCUT2D eigenvalue weighted by molar-refractivity contribution is -0.138. The number of benzene rings is 4. The van der Waals surface area contributed by atoms with Gasteiger partial charge in [-0.05, 0) is 83.5 Å². The summed E-state index contributed by atoms with van der Waals surface area (Å²) >= 11 is 0. The van der Waals surface area contributed by atoms with Crippen LogP contribution in [0, 0.1) is 0 Å². The van der Waals surface area contributed by atoms with E-state index in [4.69, 9.17) is 9.47 Å². The Balaban J connectivity index is 0.000000188. The molecule has 4 aromatic carbocycles. The molecule has 14 nitrogen and oxygen atoms in total. The first-order valence-corrected chi connectivity index (χ1v) is 20.9. The second-order valence-electron chi connectivity index (χ2n) is 17.1. The summed E-state index contributed by atoms with van der Waals surface area (Å²) in [4.78, 5) is 80.2. The number of carbonyl (C=O) groups is 6. The number of carbonyl (C=O) groups excluding carboxylic acids is 6. The number of hydrogen-bond acceptors (Lipinski definition) is 10. The Morgan fingerprint density at radius 2 is 1.02 bits per heavy atom. The summed E-state index contributed by atoms with van der Waals surface area (Å²) in [6, 6.07) is 26.2. The molecule has 4 fully saturated rings. The highest BCUT2D eigenvalue weighted by molar-refractivity contribution is 6.00. The van der Waals surface area contributed by atoms with Gasteiger partial charge in [0.2, 0.25) is 11.8 Å². The molecule has 324 valence electrons. The molecule has 0 spiro atoms. The van der Waals surface area contributed by atoms with Crippen molar-refractivity contribution >= 4 is 35.2 Å². The van der Waals surface area contributed by atoms with Crippen molar-refractivity contribution in [1.82, 2.24) is 20.4 Å². The van der Waals surface area contributed by atoms with E-state index >= 15 is 0 Å². The van der Waals surface area contributed by atoms with E-state index in [1.54, 1.807) is 77.7 Å². The number of aromatic hydroxyl groups is 2. The summed E-state index contributed by atoms with van der Waals surface area (Å²) in [7, 11) is 0. The summed E-state index contributed by atoms with van der Waals surface area (Å²) in [6.45, 7) is 7.20. The van der Waals surface area contributed by atoms with E-state index in [0.717, 1.165) is 16.7 Å². The van der Waals surface area contributed by atoms with Gasteiger partial charge in [0.15, 0.2) is 11.6 Å². The molecule has 4 aliphatic heterocycles. The molecule has 0 bridgehead atoms. The number of amides is 4. The van der Waals surface area contributed by atoms with Crippen LogP contribution in [0.2, 0.25) is 0 Å². The lowest BCUT2D eigenvalue weighted by Crippen LogP contribution is -2.53. The Labute approximate surface area is 360 Å². The van der Waals surface area contributed by atoms with Crippen molar-refractivity contribution in [2.24, 2.45) is 0 Å². The normalized spacial score (nSPS) is 21.3. The van der Waals surface area contributed by atoms with E-state index in [9.17, 15) is 39.0 Å². The van der Waals surface area contributed by atoms with Crippen LogP contribution in [0.1, 0.15) is 71.0 Å². The third kappa shape index (κ3) is 10.0. The minimum absolute atomic E-state index is 0.0221. The maximum absolute atomic E-state index is 13.5. The molecule has 4 saturated heterocycles. The van der Waals surface area contributed by atoms with Crippen molar-refractivity contribution < 1.29 is 48.5 Å². The average Bonchev–Trinajstić information content (AvgIpc) is 4.06. The van der Waals surface area contributed by atoms with Gasteiger partial charge >= 0.3 is 0 Å². The highest BCUT2D eigenvalue weighted by Crippen LogP contribution is 2.30. The van der Waals surface area contributed by atoms with Gasteiger partial charge in [-0.1, -0.05) is 75.4 Å². The van der Waals surface area contributed by atoms with Crippen LogP contribution in [0.3, 0.4) is 0 Å². The van der Waals surface area contributed by atoms with Gasteiger partial charge in [0.25, 0.3) is 11.8 Å². The average molecular weight is 845 g/mol. The third-order valence-corrected chi connectivity index (χ3v) is 11.8. The van der Waals surface area contributed by atoms with Crippen LogP contribution in [0.25, 0.3) is 0 Å². The van der Waals surface area contributed by atoms with E-state index in [0.29, 0.717) is 37.1 Å². The number of nitrogens with one attached hydrogen (secondary N) is 2. The number of phenols is 2. The second kappa shape index (κ2) is 18.7. The fraction of sp³-hybridized carbons (Fsp3) is 0.375. The summed E-state index contributed by atoms with van der Waals surface area (Å²) < 4.78 is 11.0. The highest BCUT2D eigenvalue weighted by Gasteiger charge is 2.49. The van der Waals surface area contributed by atoms with Gasteiger partial charge in [-0.25, -0.2) is 0 Å². The standard InChI is InChI=1S/C26H30N2O5.C22H22N2O5/c1-26(2,3)18-8-6-17(7-9-18)24(31)27-20(14-16-4-10-19(29)11-5-16)25(32)28-13-12-22-23(28)21(30)15-33-22;25-16-8-6-14(7-9-16)12-17(23-21(27)15-4-2-1-3-5-15)22(28)24-11-10-19-20(24)18(26)13-29-19/h4-11,20,22-23,29H,12-15H2,1-3H3,(H,27,31);1-9,17,19-20,25H,10-13H2,(H,23,27). The predicted octanol–water partition coefficient (Wildman–Crippen LogP) is 3.90. The van der Waals surface area contributed by atoms with E-state index < -0.39 is 24.2 Å². The first kappa shape index (κ1) is 43.7. The molecule has 0 radical (unpaired) electrons. The molecular formula is C48H52N4O10. The third-order valence-electron chi connectivity index (χ3n) is 11.8. The molecule has 6 atom stereocenters. The van der Waals surface area contributed by atoms with E-state index in [1.165, 1.54) is 17.0 Å². The van der Waals surface area contributed by atoms with Gasteiger partial charge in [0.1, 0.15) is 48.9 Å². The number of ether oxygens (including phenoxy) is 2. The fourth-order valence-corrected chi connectivity index (χ4v) is 8.41. The quantitative estimate of drug-likeness (QED) is 0.182. The van der Waals surface area contributed by atoms with Crippen LogP contribution in [-0.4, -0.2) is 118 Å². The van der Waals surface area contributed by atoms with Crippen molar-refractivity contribution in [3.63, 3.8) is 0 Å². The Morgan fingerprint density at radius 1 is 0.613 bits per heavy atom. The summed E-state index contributed by atoms with van der Waals surface area (Å²) in [5.74, 6) is -1.24. The van der Waals surface area contributed by atoms with Gasteiger partial charge < -0.3 is 40.1 Å². The Hall–Kier alpha value is -6.38. The van der Waals surface area contributed by atoms with Crippen LogP contribution < -0.4 is 10.6 Å². The largest absolute Gasteiger partial charge is 0.508 e. The number of nitrogens with zero attached hydrogens (tertiary/aromatic N) is 2. The molecule has 4 aliphatic rings. The van der Waals surface area contributed by atoms with Crippen molar-refractivity contribution in [3.8, 4) is 11.5 Å². The summed E-state index contributed by atoms with van der Waals surface area (Å²) in [5, 5.41) is 24.8. The highest BCUT2D eigenvalue weighted by atomic mass is 16.5. The number of rotatable bonds is 10. The van der Waals surface area contributed by atoms with E-state index in [2.05, 4.69) is 31.4 Å². The zero-order valence-corrected chi connectivity index (χ0v) is 35.0. The number of ketones is 2. The van der Waals surface area contributed by atoms with Gasteiger partial charge in [-0.15, -0.1) is 0 Å². The Bertz CT molecular complexity index is 2280. The van der Waals surface area contributed by atoms with Crippen LogP contribution in [-0.2, 0) is 46.9 Å². The minimum Gasteiger partial charge on any atom is -0.508 e. The number of phenolic OH excluding ortho intramolecular Hbond substituents is 2. The first-order valence-electron chi connectivity index (χ1n) is 20.9. The van der Waals surface area contributed by atoms with E-state index in [-0.39, 0.29) is 90.4 Å². The molecule has 4 aromatic rings. The fourth-order valence-electron chi connectivity index (χ4n) is 8.41. The lowest BCUT2D eigenvalue weighted by Gasteiger charge is -2.28. The molecule has 6 unspecified atom stereocenters. The van der Waals surface area contributed by atoms with Gasteiger partial charge in [0, 0.05) is 37.1 Å². The second-order valence-corrected chi connectivity index (χ2v) is 17.1. The van der Waals surface area contributed by atoms with Gasteiger partial charge in [0.05, 0.1) is 12.2 Å². The zero-order valence-electron chi connectivity index (χ0n) is 35.0. The summed E-state index contributed by atoms with van der Waals surface area (Å²) in [5.41, 5.74) is 3.58. The Morgan fingerprint density at radius 3 is 1.42 bits per heavy atom. The molecule has 0 saturated carbocycles. The zero-order chi connectivity index (χ0) is 44.1. The SMILES string of the molecule is CC(C)(C)c1ccc(C(=O)NC(Cc2ccc(O)cc2)C(=O)N2CCC3OCC(=O)C32)cc1.O=C(NC(Cc1ccc(O)cc1)C(=O)N1CCC2OCC(=O)C21)c1ccccc1. The van der Waals surface area contributed by atoms with Crippen molar-refractivity contribution in [3.05, 3.63) is 131 Å². The minimum atomic E-state index is -0.850. The monoisotopic (exact) mass is 844 g/mol. The number of likely N-dealkylation sites (tertiary alicyclic amines) is 2. The molecule has 4 heterocycles. The van der Waals surface area contributed by atoms with Crippen molar-refractivity contribution in [2.75, 3.05) is 26.3 Å². The van der Waals surface area contributed by atoms with Crippen LogP contribution in [0.5, 0.6) is 11.5 Å². The molecule has 62 heavy (non-hydrogen) atoms. The van der Waals surface area contributed by atoms with Crippen LogP contribution in [0.4, 0.5) is 0 Å². The maximum Gasteiger partial charge on any atom is 0.251 e. The molecule has 4 N–H and O–H groups in total. The molecular weight excluding hydrogens is 793 g/mol. The predicted molar refractivity (Wildman–Crippen MR) is 227 cm³/mol. The maximum atomic E-state index is 13.5. The van der Waals surface area contributed by atoms with E-state index in [1.807, 2.05) is 18.2 Å². The first-order chi connectivity index (χ1) is 29.7. The van der Waals surface area contributed by atoms with Gasteiger partial charge in [-0.2, -0.15) is 0 Å². The van der Waals surface area contributed by atoms with Crippen LogP contribution in [0.15, 0.2) is 103 Å². The molecule has 14 heteroatoms. The number of Topliss-reactive ketones (excluding diaryl/α,β-unsaturated/α-hetero) is 2. The van der Waals surface area contributed by atoms with Gasteiger partial charge in [-0.3, -0.25) is 28.8 Å². The lowest BCUT2D eigenvalue weighted by atomic mass is 9.86. The molecule has 0 aromatic heterocycles. The topological polar surface area (TPSA) is 192 Å². The Kier molecular flexibility index (Phi) is 13.2. The molecule has 4 amide bonds. The number of hydrogen-bond donors (Lipinski definition) is 4.